The third kappa shape index (κ3) is 2.70. The van der Waals surface area contributed by atoms with Gasteiger partial charge < -0.3 is 9.52 Å². The summed E-state index contributed by atoms with van der Waals surface area (Å²) in [5.41, 5.74) is 1.98. The van der Waals surface area contributed by atoms with E-state index in [9.17, 15) is 4.79 Å². The number of aliphatic carboxylic acids is 1. The standard InChI is InChI=1S/C15H14ClNO3/c16-11-4-1-9(2-5-11)7-14-17-12-6-3-10(15(18)19)8-13(12)20-14/h1-2,4-5,10H,3,6-8H2,(H,18,19). The van der Waals surface area contributed by atoms with Crippen LogP contribution in [0.5, 0.6) is 0 Å². The summed E-state index contributed by atoms with van der Waals surface area (Å²) in [4.78, 5) is 15.5. The Balaban J connectivity index is 1.77. The molecule has 2 aromatic rings. The van der Waals surface area contributed by atoms with Gasteiger partial charge in [-0.1, -0.05) is 23.7 Å². The molecule has 1 unspecified atom stereocenters. The van der Waals surface area contributed by atoms with E-state index in [0.29, 0.717) is 36.6 Å². The van der Waals surface area contributed by atoms with Crippen LogP contribution >= 0.6 is 11.6 Å². The van der Waals surface area contributed by atoms with Crippen molar-refractivity contribution < 1.29 is 14.3 Å². The fourth-order valence-electron chi connectivity index (χ4n) is 2.49. The van der Waals surface area contributed by atoms with E-state index in [1.165, 1.54) is 0 Å². The van der Waals surface area contributed by atoms with Crippen LogP contribution in [0, 0.1) is 5.92 Å². The Hall–Kier alpha value is -1.81. The molecular weight excluding hydrogens is 278 g/mol. The van der Waals surface area contributed by atoms with Crippen LogP contribution in [-0.2, 0) is 24.1 Å². The molecule has 1 aliphatic carbocycles. The van der Waals surface area contributed by atoms with Crippen molar-refractivity contribution in [3.8, 4) is 0 Å². The minimum atomic E-state index is -0.758. The molecule has 1 N–H and O–H groups in total. The number of hydrogen-bond donors (Lipinski definition) is 1. The van der Waals surface area contributed by atoms with Crippen LogP contribution in [0.3, 0.4) is 0 Å². The molecule has 1 aromatic heterocycles. The van der Waals surface area contributed by atoms with E-state index >= 15 is 0 Å². The molecule has 1 aliphatic rings. The molecule has 0 fully saturated rings. The maximum Gasteiger partial charge on any atom is 0.306 e. The zero-order valence-corrected chi connectivity index (χ0v) is 11.6. The molecule has 0 radical (unpaired) electrons. The summed E-state index contributed by atoms with van der Waals surface area (Å²) < 4.78 is 5.71. The summed E-state index contributed by atoms with van der Waals surface area (Å²) >= 11 is 5.85. The highest BCUT2D eigenvalue weighted by molar-refractivity contribution is 6.30. The van der Waals surface area contributed by atoms with E-state index in [2.05, 4.69) is 4.98 Å². The maximum absolute atomic E-state index is 11.0. The number of oxazole rings is 1. The molecule has 0 bridgehead atoms. The molecule has 0 amide bonds. The fourth-order valence-corrected chi connectivity index (χ4v) is 2.62. The highest BCUT2D eigenvalue weighted by Gasteiger charge is 2.28. The summed E-state index contributed by atoms with van der Waals surface area (Å²) in [7, 11) is 0. The average molecular weight is 292 g/mol. The van der Waals surface area contributed by atoms with Gasteiger partial charge >= 0.3 is 5.97 Å². The predicted octanol–water partition coefficient (Wildman–Crippen LogP) is 3.11. The summed E-state index contributed by atoms with van der Waals surface area (Å²) in [6, 6.07) is 7.54. The van der Waals surface area contributed by atoms with Crippen LogP contribution in [0.1, 0.15) is 29.3 Å². The lowest BCUT2D eigenvalue weighted by Gasteiger charge is -2.15. The number of carbonyl (C=O) groups is 1. The van der Waals surface area contributed by atoms with Crippen molar-refractivity contribution in [2.75, 3.05) is 0 Å². The van der Waals surface area contributed by atoms with Gasteiger partial charge in [-0.25, -0.2) is 4.98 Å². The van der Waals surface area contributed by atoms with Crippen LogP contribution in [-0.4, -0.2) is 16.1 Å². The Morgan fingerprint density at radius 2 is 2.15 bits per heavy atom. The van der Waals surface area contributed by atoms with Crippen molar-refractivity contribution in [2.45, 2.75) is 25.7 Å². The van der Waals surface area contributed by atoms with Crippen molar-refractivity contribution in [3.63, 3.8) is 0 Å². The van der Waals surface area contributed by atoms with Gasteiger partial charge in [0.15, 0.2) is 5.89 Å². The molecular formula is C15H14ClNO3. The summed E-state index contributed by atoms with van der Waals surface area (Å²) in [5, 5.41) is 9.76. The van der Waals surface area contributed by atoms with Crippen LogP contribution in [0.4, 0.5) is 0 Å². The second-order valence-corrected chi connectivity index (χ2v) is 5.50. The Morgan fingerprint density at radius 3 is 2.85 bits per heavy atom. The van der Waals surface area contributed by atoms with Gasteiger partial charge in [0.25, 0.3) is 0 Å². The highest BCUT2D eigenvalue weighted by atomic mass is 35.5. The zero-order valence-electron chi connectivity index (χ0n) is 10.8. The second kappa shape index (κ2) is 5.29. The molecule has 5 heteroatoms. The van der Waals surface area contributed by atoms with Crippen molar-refractivity contribution in [1.82, 2.24) is 4.98 Å². The first-order chi connectivity index (χ1) is 9.61. The summed E-state index contributed by atoms with van der Waals surface area (Å²) in [6.07, 6.45) is 2.35. The van der Waals surface area contributed by atoms with E-state index < -0.39 is 5.97 Å². The number of fused-ring (bicyclic) bond motifs is 1. The molecule has 1 aromatic carbocycles. The van der Waals surface area contributed by atoms with Crippen molar-refractivity contribution in [2.24, 2.45) is 5.92 Å². The normalized spacial score (nSPS) is 17.8. The molecule has 1 heterocycles. The lowest BCUT2D eigenvalue weighted by atomic mass is 9.91. The molecule has 20 heavy (non-hydrogen) atoms. The van der Waals surface area contributed by atoms with Gasteiger partial charge in [0, 0.05) is 17.9 Å². The minimum Gasteiger partial charge on any atom is -0.481 e. The third-order valence-electron chi connectivity index (χ3n) is 3.60. The first-order valence-corrected chi connectivity index (χ1v) is 6.94. The van der Waals surface area contributed by atoms with Gasteiger partial charge in [-0.3, -0.25) is 4.79 Å². The van der Waals surface area contributed by atoms with Crippen molar-refractivity contribution in [1.29, 1.82) is 0 Å². The number of carboxylic acids is 1. The molecule has 0 saturated heterocycles. The topological polar surface area (TPSA) is 63.3 Å². The first-order valence-electron chi connectivity index (χ1n) is 6.56. The van der Waals surface area contributed by atoms with E-state index in [1.807, 2.05) is 24.3 Å². The largest absolute Gasteiger partial charge is 0.481 e. The summed E-state index contributed by atoms with van der Waals surface area (Å²) in [6.45, 7) is 0. The number of nitrogens with zero attached hydrogens (tertiary/aromatic N) is 1. The van der Waals surface area contributed by atoms with E-state index in [-0.39, 0.29) is 5.92 Å². The number of aryl methyl sites for hydroxylation is 1. The number of aromatic nitrogens is 1. The average Bonchev–Trinajstić information content (AvgIpc) is 2.82. The second-order valence-electron chi connectivity index (χ2n) is 5.06. The molecule has 1 atom stereocenters. The van der Waals surface area contributed by atoms with E-state index in [4.69, 9.17) is 21.1 Å². The van der Waals surface area contributed by atoms with Gasteiger partial charge in [-0.2, -0.15) is 0 Å². The number of carboxylic acid groups (broad SMARTS) is 1. The lowest BCUT2D eigenvalue weighted by Crippen LogP contribution is -2.21. The quantitative estimate of drug-likeness (QED) is 0.944. The number of benzene rings is 1. The molecule has 0 aliphatic heterocycles. The van der Waals surface area contributed by atoms with E-state index in [0.717, 1.165) is 17.0 Å². The number of hydrogen-bond acceptors (Lipinski definition) is 3. The highest BCUT2D eigenvalue weighted by Crippen LogP contribution is 2.27. The van der Waals surface area contributed by atoms with Crippen LogP contribution in [0.25, 0.3) is 0 Å². The molecule has 0 spiro atoms. The van der Waals surface area contributed by atoms with Gasteiger partial charge in [0.05, 0.1) is 11.6 Å². The van der Waals surface area contributed by atoms with Gasteiger partial charge in [0.2, 0.25) is 0 Å². The van der Waals surface area contributed by atoms with Crippen LogP contribution in [0.2, 0.25) is 5.02 Å². The molecule has 104 valence electrons. The Morgan fingerprint density at radius 1 is 1.40 bits per heavy atom. The fraction of sp³-hybridized carbons (Fsp3) is 0.333. The predicted molar refractivity (Wildman–Crippen MR) is 73.9 cm³/mol. The third-order valence-corrected chi connectivity index (χ3v) is 3.85. The Bertz CT molecular complexity index is 633. The molecule has 0 saturated carbocycles. The van der Waals surface area contributed by atoms with Crippen molar-refractivity contribution in [3.05, 3.63) is 52.2 Å². The SMILES string of the molecule is O=C(O)C1CCc2nc(Cc3ccc(Cl)cc3)oc2C1. The maximum atomic E-state index is 11.0. The Kier molecular flexibility index (Phi) is 3.49. The zero-order chi connectivity index (χ0) is 14.1. The van der Waals surface area contributed by atoms with Crippen LogP contribution in [0.15, 0.2) is 28.7 Å². The van der Waals surface area contributed by atoms with Gasteiger partial charge in [0.1, 0.15) is 5.76 Å². The first kappa shape index (κ1) is 13.2. The lowest BCUT2D eigenvalue weighted by molar-refractivity contribution is -0.142. The number of halogens is 1. The minimum absolute atomic E-state index is 0.348. The van der Waals surface area contributed by atoms with Gasteiger partial charge in [-0.15, -0.1) is 0 Å². The summed E-state index contributed by atoms with van der Waals surface area (Å²) in [5.74, 6) is 0.265. The smallest absolute Gasteiger partial charge is 0.306 e. The Labute approximate surface area is 121 Å². The van der Waals surface area contributed by atoms with Crippen LogP contribution < -0.4 is 0 Å². The number of rotatable bonds is 3. The monoisotopic (exact) mass is 291 g/mol. The van der Waals surface area contributed by atoms with Gasteiger partial charge in [-0.05, 0) is 30.5 Å². The molecule has 4 nitrogen and oxygen atoms in total. The van der Waals surface area contributed by atoms with Crippen molar-refractivity contribution >= 4 is 17.6 Å². The van der Waals surface area contributed by atoms with E-state index in [1.54, 1.807) is 0 Å². The molecule has 3 rings (SSSR count).